The van der Waals surface area contributed by atoms with Crippen molar-refractivity contribution in [2.75, 3.05) is 6.54 Å². The Balaban J connectivity index is 2.77. The third-order valence-electron chi connectivity index (χ3n) is 2.88. The molecule has 1 atom stereocenters. The molecule has 0 spiro atoms. The van der Waals surface area contributed by atoms with E-state index in [1.165, 1.54) is 16.7 Å². The summed E-state index contributed by atoms with van der Waals surface area (Å²) in [7, 11) is 0. The highest BCUT2D eigenvalue weighted by Gasteiger charge is 2.13. The fraction of sp³-hybridized carbons (Fsp3) is 0.500. The fourth-order valence-electron chi connectivity index (χ4n) is 2.00. The Kier molecular flexibility index (Phi) is 5.16. The monoisotopic (exact) mass is 235 g/mol. The summed E-state index contributed by atoms with van der Waals surface area (Å²) >= 11 is 0. The van der Waals surface area contributed by atoms with E-state index >= 15 is 0 Å². The van der Waals surface area contributed by atoms with Gasteiger partial charge in [0.1, 0.15) is 0 Å². The smallest absolute Gasteiger partial charge is 0.304 e. The number of rotatable bonds is 6. The van der Waals surface area contributed by atoms with Gasteiger partial charge >= 0.3 is 5.97 Å². The topological polar surface area (TPSA) is 49.3 Å². The second kappa shape index (κ2) is 6.40. The van der Waals surface area contributed by atoms with E-state index in [9.17, 15) is 4.79 Å². The van der Waals surface area contributed by atoms with Crippen molar-refractivity contribution in [3.05, 3.63) is 34.9 Å². The van der Waals surface area contributed by atoms with Crippen molar-refractivity contribution in [2.45, 2.75) is 39.7 Å². The van der Waals surface area contributed by atoms with E-state index < -0.39 is 5.97 Å². The van der Waals surface area contributed by atoms with Gasteiger partial charge in [-0.2, -0.15) is 0 Å². The van der Waals surface area contributed by atoms with Crippen molar-refractivity contribution in [3.8, 4) is 0 Å². The summed E-state index contributed by atoms with van der Waals surface area (Å²) in [5.74, 6) is -0.749. The predicted molar refractivity (Wildman–Crippen MR) is 69.3 cm³/mol. The van der Waals surface area contributed by atoms with E-state index in [0.717, 1.165) is 13.0 Å². The summed E-state index contributed by atoms with van der Waals surface area (Å²) in [5.41, 5.74) is 3.68. The van der Waals surface area contributed by atoms with Gasteiger partial charge in [0.05, 0.1) is 6.42 Å². The first kappa shape index (κ1) is 13.7. The van der Waals surface area contributed by atoms with Gasteiger partial charge in [-0.15, -0.1) is 0 Å². The highest BCUT2D eigenvalue weighted by atomic mass is 16.4. The lowest BCUT2D eigenvalue weighted by atomic mass is 9.97. The van der Waals surface area contributed by atoms with Gasteiger partial charge in [-0.25, -0.2) is 0 Å². The maximum absolute atomic E-state index is 10.8. The van der Waals surface area contributed by atoms with Gasteiger partial charge in [0, 0.05) is 6.04 Å². The molecule has 0 aliphatic rings. The van der Waals surface area contributed by atoms with Crippen molar-refractivity contribution in [3.63, 3.8) is 0 Å². The quantitative estimate of drug-likeness (QED) is 0.795. The van der Waals surface area contributed by atoms with Gasteiger partial charge < -0.3 is 10.4 Å². The third kappa shape index (κ3) is 4.57. The molecule has 0 aliphatic carbocycles. The highest BCUT2D eigenvalue weighted by Crippen LogP contribution is 2.14. The minimum atomic E-state index is -0.749. The van der Waals surface area contributed by atoms with Crippen LogP contribution in [-0.4, -0.2) is 23.7 Å². The van der Waals surface area contributed by atoms with Gasteiger partial charge in [0.2, 0.25) is 0 Å². The Morgan fingerprint density at radius 2 is 2.12 bits per heavy atom. The molecule has 0 amide bonds. The molecule has 0 saturated heterocycles. The van der Waals surface area contributed by atoms with Crippen LogP contribution in [0.3, 0.4) is 0 Å². The van der Waals surface area contributed by atoms with Crippen LogP contribution in [0.4, 0.5) is 0 Å². The molecule has 3 heteroatoms. The van der Waals surface area contributed by atoms with Crippen molar-refractivity contribution < 1.29 is 9.90 Å². The van der Waals surface area contributed by atoms with Gasteiger partial charge in [-0.3, -0.25) is 4.79 Å². The molecule has 1 unspecified atom stereocenters. The van der Waals surface area contributed by atoms with Crippen LogP contribution in [0.1, 0.15) is 30.0 Å². The van der Waals surface area contributed by atoms with Crippen LogP contribution in [-0.2, 0) is 11.2 Å². The Morgan fingerprint density at radius 3 is 2.71 bits per heavy atom. The molecule has 0 bridgehead atoms. The molecular formula is C14H21NO2. The standard InChI is InChI=1S/C14H21NO2/c1-4-15-13(9-14(16)17)8-12-7-10(2)5-6-11(12)3/h5-7,13,15H,4,8-9H2,1-3H3,(H,16,17). The lowest BCUT2D eigenvalue weighted by molar-refractivity contribution is -0.137. The van der Waals surface area contributed by atoms with Crippen LogP contribution in [0.15, 0.2) is 18.2 Å². The largest absolute Gasteiger partial charge is 0.481 e. The number of benzene rings is 1. The molecule has 94 valence electrons. The zero-order chi connectivity index (χ0) is 12.8. The average molecular weight is 235 g/mol. The summed E-state index contributed by atoms with van der Waals surface area (Å²) in [6.45, 7) is 6.92. The molecule has 0 aliphatic heterocycles. The summed E-state index contributed by atoms with van der Waals surface area (Å²) < 4.78 is 0. The van der Waals surface area contributed by atoms with Crippen LogP contribution in [0, 0.1) is 13.8 Å². The molecule has 0 saturated carbocycles. The number of carbonyl (C=O) groups is 1. The molecule has 0 heterocycles. The molecule has 0 aromatic heterocycles. The van der Waals surface area contributed by atoms with E-state index in [1.807, 2.05) is 6.92 Å². The zero-order valence-electron chi connectivity index (χ0n) is 10.8. The fourth-order valence-corrected chi connectivity index (χ4v) is 2.00. The first-order chi connectivity index (χ1) is 8.02. The van der Waals surface area contributed by atoms with Crippen molar-refractivity contribution in [2.24, 2.45) is 0 Å². The van der Waals surface area contributed by atoms with E-state index in [2.05, 4.69) is 37.4 Å². The van der Waals surface area contributed by atoms with Gasteiger partial charge in [0.25, 0.3) is 0 Å². The lowest BCUT2D eigenvalue weighted by Crippen LogP contribution is -2.33. The van der Waals surface area contributed by atoms with Gasteiger partial charge in [0.15, 0.2) is 0 Å². The number of aliphatic carboxylic acids is 1. The number of hydrogen-bond acceptors (Lipinski definition) is 2. The number of carboxylic acid groups (broad SMARTS) is 1. The normalized spacial score (nSPS) is 12.4. The van der Waals surface area contributed by atoms with Crippen molar-refractivity contribution in [1.29, 1.82) is 0 Å². The number of nitrogens with one attached hydrogen (secondary N) is 1. The van der Waals surface area contributed by atoms with E-state index in [-0.39, 0.29) is 12.5 Å². The number of aryl methyl sites for hydroxylation is 2. The SMILES string of the molecule is CCNC(CC(=O)O)Cc1cc(C)ccc1C. The van der Waals surface area contributed by atoms with Crippen LogP contribution in [0.25, 0.3) is 0 Å². The van der Waals surface area contributed by atoms with Crippen molar-refractivity contribution in [1.82, 2.24) is 5.32 Å². The minimum Gasteiger partial charge on any atom is -0.481 e. The Labute approximate surface area is 103 Å². The van der Waals surface area contributed by atoms with Gasteiger partial charge in [-0.05, 0) is 37.9 Å². The van der Waals surface area contributed by atoms with Crippen LogP contribution in [0.5, 0.6) is 0 Å². The molecule has 3 nitrogen and oxygen atoms in total. The second-order valence-corrected chi connectivity index (χ2v) is 4.49. The third-order valence-corrected chi connectivity index (χ3v) is 2.88. The van der Waals surface area contributed by atoms with Gasteiger partial charge in [-0.1, -0.05) is 30.7 Å². The zero-order valence-corrected chi connectivity index (χ0v) is 10.8. The van der Waals surface area contributed by atoms with E-state index in [4.69, 9.17) is 5.11 Å². The second-order valence-electron chi connectivity index (χ2n) is 4.49. The predicted octanol–water partition coefficient (Wildman–Crippen LogP) is 2.30. The van der Waals surface area contributed by atoms with Crippen LogP contribution in [0.2, 0.25) is 0 Å². The molecule has 1 aromatic rings. The Bertz CT molecular complexity index is 388. The molecule has 0 fully saturated rings. The maximum Gasteiger partial charge on any atom is 0.304 e. The van der Waals surface area contributed by atoms with E-state index in [0.29, 0.717) is 0 Å². The maximum atomic E-state index is 10.8. The first-order valence-electron chi connectivity index (χ1n) is 6.04. The molecule has 1 aromatic carbocycles. The molecule has 17 heavy (non-hydrogen) atoms. The van der Waals surface area contributed by atoms with Crippen LogP contribution < -0.4 is 5.32 Å². The Hall–Kier alpha value is -1.35. The summed E-state index contributed by atoms with van der Waals surface area (Å²) in [6, 6.07) is 6.33. The first-order valence-corrected chi connectivity index (χ1v) is 6.04. The number of likely N-dealkylation sites (N-methyl/N-ethyl adjacent to an activating group) is 1. The van der Waals surface area contributed by atoms with Crippen molar-refractivity contribution >= 4 is 5.97 Å². The highest BCUT2D eigenvalue weighted by molar-refractivity contribution is 5.67. The van der Waals surface area contributed by atoms with E-state index in [1.54, 1.807) is 0 Å². The summed E-state index contributed by atoms with van der Waals surface area (Å²) in [6.07, 6.45) is 0.939. The molecule has 0 radical (unpaired) electrons. The minimum absolute atomic E-state index is 0.0120. The summed E-state index contributed by atoms with van der Waals surface area (Å²) in [5, 5.41) is 12.1. The molecular weight excluding hydrogens is 214 g/mol. The van der Waals surface area contributed by atoms with Crippen LogP contribution >= 0.6 is 0 Å². The average Bonchev–Trinajstić information content (AvgIpc) is 2.23. The molecule has 1 rings (SSSR count). The lowest BCUT2D eigenvalue weighted by Gasteiger charge is -2.17. The summed E-state index contributed by atoms with van der Waals surface area (Å²) in [4.78, 5) is 10.8. The number of carboxylic acids is 1. The molecule has 2 N–H and O–H groups in total. The number of hydrogen-bond donors (Lipinski definition) is 2. The Morgan fingerprint density at radius 1 is 1.41 bits per heavy atom.